The van der Waals surface area contributed by atoms with Gasteiger partial charge in [-0.15, -0.1) is 0 Å². The Morgan fingerprint density at radius 3 is 2.71 bits per heavy atom. The van der Waals surface area contributed by atoms with Gasteiger partial charge >= 0.3 is 6.03 Å². The first kappa shape index (κ1) is 17.1. The number of amides is 3. The van der Waals surface area contributed by atoms with Gasteiger partial charge < -0.3 is 10.2 Å². The predicted molar refractivity (Wildman–Crippen MR) is 94.0 cm³/mol. The van der Waals surface area contributed by atoms with Crippen molar-refractivity contribution in [2.24, 2.45) is 0 Å². The number of urea groups is 1. The van der Waals surface area contributed by atoms with E-state index in [2.05, 4.69) is 5.32 Å². The summed E-state index contributed by atoms with van der Waals surface area (Å²) in [5, 5.41) is 3.62. The molecule has 0 bridgehead atoms. The van der Waals surface area contributed by atoms with Crippen molar-refractivity contribution < 1.29 is 9.59 Å². The van der Waals surface area contributed by atoms with Crippen LogP contribution in [0.15, 0.2) is 29.5 Å². The van der Waals surface area contributed by atoms with Gasteiger partial charge in [0.25, 0.3) is 5.91 Å². The van der Waals surface area contributed by atoms with Crippen LogP contribution >= 0.6 is 23.2 Å². The van der Waals surface area contributed by atoms with Crippen molar-refractivity contribution in [3.05, 3.63) is 45.1 Å². The standard InChI is InChI=1S/C17H19Cl2N3O2/c1-4-9(2)22-8-12-13(16(22)23)15(20-17(24)21(12)3)10-6-5-7-11(18)14(10)19/h5-7,9,15H,4,8H2,1-3H3,(H,20,24)/t9-,15+/m1/s1. The zero-order valence-electron chi connectivity index (χ0n) is 13.8. The zero-order valence-corrected chi connectivity index (χ0v) is 15.3. The molecule has 24 heavy (non-hydrogen) atoms. The molecule has 1 N–H and O–H groups in total. The number of halogens is 2. The first-order valence-electron chi connectivity index (χ1n) is 7.88. The fourth-order valence-electron chi connectivity index (χ4n) is 3.14. The molecule has 128 valence electrons. The topological polar surface area (TPSA) is 52.7 Å². The van der Waals surface area contributed by atoms with Crippen molar-refractivity contribution in [3.8, 4) is 0 Å². The number of nitrogens with zero attached hydrogens (tertiary/aromatic N) is 2. The van der Waals surface area contributed by atoms with Crippen LogP contribution in [0.25, 0.3) is 0 Å². The quantitative estimate of drug-likeness (QED) is 0.887. The van der Waals surface area contributed by atoms with Gasteiger partial charge in [0.05, 0.1) is 33.9 Å². The van der Waals surface area contributed by atoms with Crippen LogP contribution < -0.4 is 5.32 Å². The summed E-state index contributed by atoms with van der Waals surface area (Å²) in [4.78, 5) is 28.6. The molecule has 0 spiro atoms. The molecule has 0 aliphatic carbocycles. The average Bonchev–Trinajstić information content (AvgIpc) is 2.91. The van der Waals surface area contributed by atoms with Gasteiger partial charge in [0.2, 0.25) is 0 Å². The van der Waals surface area contributed by atoms with Gasteiger partial charge in [-0.2, -0.15) is 0 Å². The molecule has 1 aromatic rings. The second-order valence-electron chi connectivity index (χ2n) is 6.14. The van der Waals surface area contributed by atoms with Crippen LogP contribution in [0.4, 0.5) is 4.79 Å². The molecule has 2 atom stereocenters. The minimum Gasteiger partial charge on any atom is -0.330 e. The van der Waals surface area contributed by atoms with Crippen LogP contribution in [-0.4, -0.2) is 41.4 Å². The van der Waals surface area contributed by atoms with Crippen LogP contribution in [-0.2, 0) is 4.79 Å². The van der Waals surface area contributed by atoms with Crippen LogP contribution in [0.3, 0.4) is 0 Å². The van der Waals surface area contributed by atoms with Crippen LogP contribution in [0, 0.1) is 0 Å². The first-order valence-corrected chi connectivity index (χ1v) is 8.64. The average molecular weight is 368 g/mol. The fraction of sp³-hybridized carbons (Fsp3) is 0.412. The lowest BCUT2D eigenvalue weighted by Crippen LogP contribution is -2.45. The lowest BCUT2D eigenvalue weighted by Gasteiger charge is -2.31. The Bertz CT molecular complexity index is 747. The van der Waals surface area contributed by atoms with Gasteiger partial charge in [0.15, 0.2) is 0 Å². The summed E-state index contributed by atoms with van der Waals surface area (Å²) in [6, 6.07) is 4.49. The molecule has 5 nitrogen and oxygen atoms in total. The number of rotatable bonds is 3. The van der Waals surface area contributed by atoms with Crippen molar-refractivity contribution in [1.29, 1.82) is 0 Å². The van der Waals surface area contributed by atoms with Crippen molar-refractivity contribution in [1.82, 2.24) is 15.1 Å². The molecule has 0 saturated heterocycles. The number of hydrogen-bond acceptors (Lipinski definition) is 2. The molecule has 3 amide bonds. The van der Waals surface area contributed by atoms with Crippen molar-refractivity contribution in [2.45, 2.75) is 32.4 Å². The third-order valence-corrected chi connectivity index (χ3v) is 5.64. The molecule has 3 rings (SSSR count). The molecular weight excluding hydrogens is 349 g/mol. The molecule has 0 saturated carbocycles. The molecule has 0 fully saturated rings. The Morgan fingerprint density at radius 2 is 2.04 bits per heavy atom. The van der Waals surface area contributed by atoms with E-state index in [1.54, 1.807) is 30.1 Å². The molecule has 0 radical (unpaired) electrons. The van der Waals surface area contributed by atoms with E-state index in [0.717, 1.165) is 12.1 Å². The van der Waals surface area contributed by atoms with Gasteiger partial charge in [0.1, 0.15) is 0 Å². The summed E-state index contributed by atoms with van der Waals surface area (Å²) in [5.74, 6) is -0.0627. The number of carbonyl (C=O) groups is 2. The van der Waals surface area contributed by atoms with E-state index < -0.39 is 6.04 Å². The molecule has 2 aliphatic rings. The minimum absolute atomic E-state index is 0.0627. The molecule has 0 aromatic heterocycles. The van der Waals surface area contributed by atoms with Gasteiger partial charge in [0, 0.05) is 13.1 Å². The molecule has 1 aromatic carbocycles. The summed E-state index contributed by atoms with van der Waals surface area (Å²) < 4.78 is 0. The third-order valence-electron chi connectivity index (χ3n) is 4.80. The number of carbonyl (C=O) groups excluding carboxylic acids is 2. The number of likely N-dealkylation sites (N-methyl/N-ethyl adjacent to an activating group) is 1. The maximum absolute atomic E-state index is 13.0. The van der Waals surface area contributed by atoms with Crippen LogP contribution in [0.2, 0.25) is 10.0 Å². The van der Waals surface area contributed by atoms with Gasteiger partial charge in [-0.05, 0) is 25.0 Å². The Hall–Kier alpha value is -1.72. The molecule has 0 unspecified atom stereocenters. The maximum atomic E-state index is 13.0. The fourth-order valence-corrected chi connectivity index (χ4v) is 3.56. The smallest absolute Gasteiger partial charge is 0.322 e. The summed E-state index contributed by atoms with van der Waals surface area (Å²) in [5.41, 5.74) is 1.93. The third kappa shape index (κ3) is 2.56. The highest BCUT2D eigenvalue weighted by Crippen LogP contribution is 2.40. The molecule has 7 heteroatoms. The monoisotopic (exact) mass is 367 g/mol. The SMILES string of the molecule is CC[C@@H](C)N1CC2=C(C1=O)[C@H](c1cccc(Cl)c1Cl)NC(=O)N2C. The second kappa shape index (κ2) is 6.30. The number of nitrogens with one attached hydrogen (secondary N) is 1. The maximum Gasteiger partial charge on any atom is 0.322 e. The van der Waals surface area contributed by atoms with Gasteiger partial charge in [-0.3, -0.25) is 9.69 Å². The van der Waals surface area contributed by atoms with E-state index in [1.807, 2.05) is 13.8 Å². The minimum atomic E-state index is -0.587. The van der Waals surface area contributed by atoms with E-state index in [0.29, 0.717) is 27.7 Å². The number of benzene rings is 1. The normalized spacial score (nSPS) is 22.0. The van der Waals surface area contributed by atoms with Gasteiger partial charge in [-0.1, -0.05) is 42.3 Å². The molecule has 2 heterocycles. The zero-order chi connectivity index (χ0) is 17.6. The van der Waals surface area contributed by atoms with Crippen LogP contribution in [0.5, 0.6) is 0 Å². The van der Waals surface area contributed by atoms with E-state index in [-0.39, 0.29) is 18.0 Å². The molecule has 2 aliphatic heterocycles. The van der Waals surface area contributed by atoms with Crippen molar-refractivity contribution >= 4 is 35.1 Å². The Labute approximate surface area is 151 Å². The Kier molecular flexibility index (Phi) is 4.49. The van der Waals surface area contributed by atoms with Crippen molar-refractivity contribution in [3.63, 3.8) is 0 Å². The van der Waals surface area contributed by atoms with E-state index in [4.69, 9.17) is 23.2 Å². The summed E-state index contributed by atoms with van der Waals surface area (Å²) in [6.45, 7) is 4.47. The predicted octanol–water partition coefficient (Wildman–Crippen LogP) is 3.58. The highest BCUT2D eigenvalue weighted by atomic mass is 35.5. The lowest BCUT2D eigenvalue weighted by atomic mass is 9.95. The Balaban J connectivity index is 2.09. The van der Waals surface area contributed by atoms with E-state index in [9.17, 15) is 9.59 Å². The van der Waals surface area contributed by atoms with E-state index >= 15 is 0 Å². The number of hydrogen-bond donors (Lipinski definition) is 1. The first-order chi connectivity index (χ1) is 11.4. The van der Waals surface area contributed by atoms with Crippen LogP contribution in [0.1, 0.15) is 31.9 Å². The lowest BCUT2D eigenvalue weighted by molar-refractivity contribution is -0.127. The van der Waals surface area contributed by atoms with Crippen molar-refractivity contribution in [2.75, 3.05) is 13.6 Å². The Morgan fingerprint density at radius 1 is 1.33 bits per heavy atom. The highest BCUT2D eigenvalue weighted by Gasteiger charge is 2.44. The summed E-state index contributed by atoms with van der Waals surface area (Å²) >= 11 is 12.4. The largest absolute Gasteiger partial charge is 0.330 e. The van der Waals surface area contributed by atoms with E-state index in [1.165, 1.54) is 4.90 Å². The molecular formula is C17H19Cl2N3O2. The summed E-state index contributed by atoms with van der Waals surface area (Å²) in [7, 11) is 1.67. The van der Waals surface area contributed by atoms with Gasteiger partial charge in [-0.25, -0.2) is 4.79 Å². The summed E-state index contributed by atoms with van der Waals surface area (Å²) in [6.07, 6.45) is 0.847. The highest BCUT2D eigenvalue weighted by molar-refractivity contribution is 6.42. The second-order valence-corrected chi connectivity index (χ2v) is 6.92.